The summed E-state index contributed by atoms with van der Waals surface area (Å²) in [5.41, 5.74) is 0.937. The fraction of sp³-hybridized carbons (Fsp3) is 0.579. The Hall–Kier alpha value is -2.16. The van der Waals surface area contributed by atoms with E-state index in [1.807, 2.05) is 23.1 Å². The number of carboxylic acid groups (broad SMARTS) is 1. The molecule has 0 aromatic heterocycles. The molecule has 2 saturated heterocycles. The van der Waals surface area contributed by atoms with E-state index in [2.05, 4.69) is 22.2 Å². The van der Waals surface area contributed by atoms with Gasteiger partial charge in [-0.3, -0.25) is 9.69 Å². The maximum absolute atomic E-state index is 12.8. The Labute approximate surface area is 159 Å². The quantitative estimate of drug-likeness (QED) is 0.705. The first kappa shape index (κ1) is 19.6. The van der Waals surface area contributed by atoms with E-state index >= 15 is 0 Å². The molecule has 1 aromatic carbocycles. The zero-order valence-corrected chi connectivity index (χ0v) is 15.8. The fourth-order valence-corrected chi connectivity index (χ4v) is 3.52. The molecule has 1 atom stereocenters. The van der Waals surface area contributed by atoms with Crippen molar-refractivity contribution in [3.63, 3.8) is 0 Å². The Kier molecular flexibility index (Phi) is 6.65. The van der Waals surface area contributed by atoms with Gasteiger partial charge in [0, 0.05) is 57.9 Å². The van der Waals surface area contributed by atoms with E-state index < -0.39 is 5.97 Å². The van der Waals surface area contributed by atoms with Gasteiger partial charge in [0.2, 0.25) is 5.91 Å². The zero-order chi connectivity index (χ0) is 19.2. The molecule has 0 saturated carbocycles. The summed E-state index contributed by atoms with van der Waals surface area (Å²) in [5, 5.41) is 12.2. The summed E-state index contributed by atoms with van der Waals surface area (Å²) >= 11 is 0. The summed E-state index contributed by atoms with van der Waals surface area (Å²) in [6.07, 6.45) is 0. The van der Waals surface area contributed by atoms with Crippen molar-refractivity contribution in [1.82, 2.24) is 20.0 Å². The van der Waals surface area contributed by atoms with Gasteiger partial charge >= 0.3 is 5.97 Å². The number of hydrogen-bond acceptors (Lipinski definition) is 6. The number of ether oxygens (including phenoxy) is 1. The summed E-state index contributed by atoms with van der Waals surface area (Å²) in [7, 11) is 2.08. The second-order valence-electron chi connectivity index (χ2n) is 7.16. The lowest BCUT2D eigenvalue weighted by molar-refractivity contribution is -0.139. The highest BCUT2D eigenvalue weighted by atomic mass is 16.5. The molecule has 2 heterocycles. The van der Waals surface area contributed by atoms with Crippen LogP contribution in [0.1, 0.15) is 5.56 Å². The van der Waals surface area contributed by atoms with E-state index in [0.717, 1.165) is 44.8 Å². The van der Waals surface area contributed by atoms with Crippen LogP contribution in [0.2, 0.25) is 0 Å². The number of para-hydroxylation sites is 1. The van der Waals surface area contributed by atoms with Crippen LogP contribution < -0.4 is 10.1 Å². The smallest absolute Gasteiger partial charge is 0.341 e. The van der Waals surface area contributed by atoms with Crippen molar-refractivity contribution >= 4 is 11.9 Å². The van der Waals surface area contributed by atoms with Crippen LogP contribution in [0.15, 0.2) is 24.3 Å². The van der Waals surface area contributed by atoms with Crippen LogP contribution in [0.4, 0.5) is 0 Å². The van der Waals surface area contributed by atoms with Crippen molar-refractivity contribution in [3.05, 3.63) is 29.8 Å². The van der Waals surface area contributed by atoms with Gasteiger partial charge in [0.1, 0.15) is 5.75 Å². The Morgan fingerprint density at radius 2 is 1.93 bits per heavy atom. The molecule has 148 valence electrons. The van der Waals surface area contributed by atoms with Crippen LogP contribution in [-0.4, -0.2) is 97.2 Å². The maximum atomic E-state index is 12.8. The lowest BCUT2D eigenvalue weighted by Gasteiger charge is -2.38. The largest absolute Gasteiger partial charge is 0.482 e. The lowest BCUT2D eigenvalue weighted by Crippen LogP contribution is -2.59. The van der Waals surface area contributed by atoms with Gasteiger partial charge in [-0.15, -0.1) is 0 Å². The number of carbonyl (C=O) groups excluding carboxylic acids is 1. The molecule has 2 aliphatic rings. The number of nitrogens with zero attached hydrogens (tertiary/aromatic N) is 3. The number of carboxylic acids is 1. The average Bonchev–Trinajstić information content (AvgIpc) is 2.67. The van der Waals surface area contributed by atoms with Gasteiger partial charge < -0.3 is 25.0 Å². The Balaban J connectivity index is 1.58. The van der Waals surface area contributed by atoms with E-state index in [9.17, 15) is 9.59 Å². The van der Waals surface area contributed by atoms with Crippen LogP contribution in [0, 0.1) is 0 Å². The van der Waals surface area contributed by atoms with Crippen LogP contribution in [0.3, 0.4) is 0 Å². The van der Waals surface area contributed by atoms with Crippen LogP contribution in [0.25, 0.3) is 0 Å². The topological polar surface area (TPSA) is 85.3 Å². The van der Waals surface area contributed by atoms with Gasteiger partial charge in [-0.25, -0.2) is 4.79 Å². The number of aliphatic carboxylic acids is 1. The summed E-state index contributed by atoms with van der Waals surface area (Å²) in [4.78, 5) is 30.0. The van der Waals surface area contributed by atoms with Gasteiger partial charge in [0.25, 0.3) is 0 Å². The number of rotatable bonds is 6. The van der Waals surface area contributed by atoms with E-state index in [1.54, 1.807) is 6.07 Å². The van der Waals surface area contributed by atoms with Crippen molar-refractivity contribution in [1.29, 1.82) is 0 Å². The van der Waals surface area contributed by atoms with E-state index in [4.69, 9.17) is 9.84 Å². The highest BCUT2D eigenvalue weighted by molar-refractivity contribution is 5.82. The normalized spacial score (nSPS) is 21.8. The molecule has 8 heteroatoms. The number of benzene rings is 1. The Morgan fingerprint density at radius 3 is 2.67 bits per heavy atom. The van der Waals surface area contributed by atoms with Crippen molar-refractivity contribution in [2.24, 2.45) is 0 Å². The molecule has 2 aliphatic heterocycles. The van der Waals surface area contributed by atoms with Gasteiger partial charge in [0.15, 0.2) is 6.61 Å². The van der Waals surface area contributed by atoms with Crippen LogP contribution >= 0.6 is 0 Å². The summed E-state index contributed by atoms with van der Waals surface area (Å²) in [5.74, 6) is -0.242. The minimum atomic E-state index is -0.996. The summed E-state index contributed by atoms with van der Waals surface area (Å²) < 4.78 is 5.40. The molecular weight excluding hydrogens is 348 g/mol. The molecule has 0 bridgehead atoms. The first-order valence-corrected chi connectivity index (χ1v) is 9.38. The standard InChI is InChI=1S/C19H28N4O4/c1-21-8-10-23(11-9-21)19(26)16-13-22(7-6-20-16)12-15-4-2-3-5-17(15)27-14-18(24)25/h2-5,16,20H,6-14H2,1H3,(H,24,25). The van der Waals surface area contributed by atoms with E-state index in [0.29, 0.717) is 18.8 Å². The van der Waals surface area contributed by atoms with Gasteiger partial charge in [0.05, 0.1) is 6.04 Å². The van der Waals surface area contributed by atoms with E-state index in [-0.39, 0.29) is 18.6 Å². The molecule has 2 fully saturated rings. The third-order valence-corrected chi connectivity index (χ3v) is 5.09. The zero-order valence-electron chi connectivity index (χ0n) is 15.8. The van der Waals surface area contributed by atoms with Gasteiger partial charge in [-0.05, 0) is 13.1 Å². The maximum Gasteiger partial charge on any atom is 0.341 e. The first-order valence-electron chi connectivity index (χ1n) is 9.38. The molecule has 27 heavy (non-hydrogen) atoms. The third kappa shape index (κ3) is 5.41. The number of amides is 1. The SMILES string of the molecule is CN1CCN(C(=O)C2CN(Cc3ccccc3OCC(=O)O)CCN2)CC1. The molecule has 2 N–H and O–H groups in total. The molecule has 0 radical (unpaired) electrons. The predicted octanol–water partition coefficient (Wildman–Crippen LogP) is -0.302. The monoisotopic (exact) mass is 376 g/mol. The molecule has 1 amide bonds. The molecule has 3 rings (SSSR count). The Morgan fingerprint density at radius 1 is 1.19 bits per heavy atom. The van der Waals surface area contributed by atoms with Gasteiger partial charge in [-0.2, -0.15) is 0 Å². The first-order chi connectivity index (χ1) is 13.0. The number of nitrogens with one attached hydrogen (secondary N) is 1. The van der Waals surface area contributed by atoms with E-state index in [1.165, 1.54) is 0 Å². The van der Waals surface area contributed by atoms with Crippen LogP contribution in [-0.2, 0) is 16.1 Å². The lowest BCUT2D eigenvalue weighted by atomic mass is 10.1. The molecule has 0 spiro atoms. The van der Waals surface area contributed by atoms with Crippen molar-refractivity contribution in [3.8, 4) is 5.75 Å². The number of likely N-dealkylation sites (N-methyl/N-ethyl adjacent to an activating group) is 1. The minimum Gasteiger partial charge on any atom is -0.482 e. The summed E-state index contributed by atoms with van der Waals surface area (Å²) in [6.45, 7) is 5.87. The van der Waals surface area contributed by atoms with Crippen molar-refractivity contribution < 1.29 is 19.4 Å². The minimum absolute atomic E-state index is 0.170. The molecule has 1 unspecified atom stereocenters. The number of hydrogen-bond donors (Lipinski definition) is 2. The average molecular weight is 376 g/mol. The Bertz CT molecular complexity index is 661. The molecule has 1 aromatic rings. The molecule has 8 nitrogen and oxygen atoms in total. The highest BCUT2D eigenvalue weighted by Gasteiger charge is 2.30. The third-order valence-electron chi connectivity index (χ3n) is 5.09. The van der Waals surface area contributed by atoms with Crippen LogP contribution in [0.5, 0.6) is 5.75 Å². The second-order valence-corrected chi connectivity index (χ2v) is 7.16. The molecule has 0 aliphatic carbocycles. The number of carbonyl (C=O) groups is 2. The van der Waals surface area contributed by atoms with Gasteiger partial charge in [-0.1, -0.05) is 18.2 Å². The summed E-state index contributed by atoms with van der Waals surface area (Å²) in [6, 6.07) is 7.27. The number of piperazine rings is 2. The molecular formula is C19H28N4O4. The van der Waals surface area contributed by atoms with Crippen molar-refractivity contribution in [2.75, 3.05) is 59.5 Å². The van der Waals surface area contributed by atoms with Crippen molar-refractivity contribution in [2.45, 2.75) is 12.6 Å². The fourth-order valence-electron chi connectivity index (χ4n) is 3.52. The second kappa shape index (κ2) is 9.16. The predicted molar refractivity (Wildman–Crippen MR) is 101 cm³/mol. The highest BCUT2D eigenvalue weighted by Crippen LogP contribution is 2.20.